The number of nitrogens with two attached hydrogens (primary N) is 1. The molecule has 150 valence electrons. The molecule has 30 heavy (non-hydrogen) atoms. The molecule has 2 heterocycles. The topological polar surface area (TPSA) is 111 Å². The van der Waals surface area contributed by atoms with Crippen LogP contribution in [-0.4, -0.2) is 15.8 Å². The molecule has 0 atom stereocenters. The van der Waals surface area contributed by atoms with Gasteiger partial charge >= 0.3 is 0 Å². The largest absolute Gasteiger partial charge is 0.397 e. The van der Waals surface area contributed by atoms with E-state index in [0.717, 1.165) is 16.8 Å². The van der Waals surface area contributed by atoms with Crippen LogP contribution < -0.4 is 11.1 Å². The average Bonchev–Trinajstić information content (AvgIpc) is 3.06. The third-order valence-electron chi connectivity index (χ3n) is 4.55. The van der Waals surface area contributed by atoms with Crippen molar-refractivity contribution >= 4 is 56.1 Å². The number of anilines is 2. The molecule has 4 rings (SSSR count). The van der Waals surface area contributed by atoms with Gasteiger partial charge in [-0.1, -0.05) is 41.4 Å². The number of aryl methyl sites for hydroxylation is 1. The molecule has 2 aromatic carbocycles. The Bertz CT molecular complexity index is 1300. The number of carbonyl (C=O) groups excluding carboxylic acids is 1. The van der Waals surface area contributed by atoms with E-state index in [0.29, 0.717) is 15.9 Å². The minimum absolute atomic E-state index is 0.00721. The van der Waals surface area contributed by atoms with Gasteiger partial charge in [0.15, 0.2) is 0 Å². The van der Waals surface area contributed by atoms with Crippen molar-refractivity contribution in [1.82, 2.24) is 4.98 Å². The Balaban J connectivity index is 1.66. The number of aromatic nitrogens is 1. The van der Waals surface area contributed by atoms with Crippen molar-refractivity contribution in [2.75, 3.05) is 11.1 Å². The normalized spacial score (nSPS) is 10.9. The van der Waals surface area contributed by atoms with Crippen LogP contribution in [0.4, 0.5) is 17.1 Å². The van der Waals surface area contributed by atoms with E-state index in [2.05, 4.69) is 10.3 Å². The fraction of sp³-hybridized carbons (Fsp3) is 0.0476. The zero-order chi connectivity index (χ0) is 21.4. The molecule has 3 N–H and O–H groups in total. The van der Waals surface area contributed by atoms with E-state index < -0.39 is 10.8 Å². The maximum absolute atomic E-state index is 12.8. The molecule has 0 unspecified atom stereocenters. The van der Waals surface area contributed by atoms with Crippen molar-refractivity contribution in [3.8, 4) is 11.3 Å². The standard InChI is InChI=1S/C21H15ClN4O3S/c1-11-2-4-12(5-3-11)16-9-7-14-18(23)19(30-21(14)25-16)20(27)24-13-6-8-15(22)17(10-13)26(28)29/h2-10H,23H2,1H3,(H,24,27). The van der Waals surface area contributed by atoms with Crippen LogP contribution in [0.1, 0.15) is 15.2 Å². The van der Waals surface area contributed by atoms with Gasteiger partial charge in [0, 0.05) is 22.7 Å². The van der Waals surface area contributed by atoms with Crippen LogP contribution in [0, 0.1) is 17.0 Å². The van der Waals surface area contributed by atoms with E-state index in [-0.39, 0.29) is 21.3 Å². The number of carbonyl (C=O) groups is 1. The quantitative estimate of drug-likeness (QED) is 0.315. The number of hydrogen-bond acceptors (Lipinski definition) is 6. The molecule has 0 saturated heterocycles. The number of pyridine rings is 1. The molecule has 4 aromatic rings. The fourth-order valence-electron chi connectivity index (χ4n) is 2.97. The van der Waals surface area contributed by atoms with Crippen LogP contribution in [-0.2, 0) is 0 Å². The number of thiophene rings is 1. The second-order valence-electron chi connectivity index (χ2n) is 6.64. The summed E-state index contributed by atoms with van der Waals surface area (Å²) >= 11 is 6.99. The van der Waals surface area contributed by atoms with Crippen molar-refractivity contribution in [1.29, 1.82) is 0 Å². The van der Waals surface area contributed by atoms with E-state index in [1.807, 2.05) is 43.3 Å². The summed E-state index contributed by atoms with van der Waals surface area (Å²) in [4.78, 5) is 28.8. The Morgan fingerprint density at radius 1 is 1.17 bits per heavy atom. The van der Waals surface area contributed by atoms with Gasteiger partial charge in [0.25, 0.3) is 11.6 Å². The first-order valence-corrected chi connectivity index (χ1v) is 10.0. The predicted molar refractivity (Wildman–Crippen MR) is 120 cm³/mol. The monoisotopic (exact) mass is 438 g/mol. The number of nitrogen functional groups attached to an aromatic ring is 1. The maximum atomic E-state index is 12.8. The Hall–Kier alpha value is -3.49. The number of nitro benzene ring substituents is 1. The molecule has 2 aromatic heterocycles. The minimum atomic E-state index is -0.609. The van der Waals surface area contributed by atoms with Crippen LogP contribution in [0.5, 0.6) is 0 Å². The second kappa shape index (κ2) is 7.74. The highest BCUT2D eigenvalue weighted by molar-refractivity contribution is 7.21. The summed E-state index contributed by atoms with van der Waals surface area (Å²) in [6.45, 7) is 2.01. The zero-order valence-corrected chi connectivity index (χ0v) is 17.3. The number of nitrogens with zero attached hydrogens (tertiary/aromatic N) is 2. The molecule has 0 radical (unpaired) electrons. The first-order chi connectivity index (χ1) is 14.3. The Labute approximate surface area is 180 Å². The maximum Gasteiger partial charge on any atom is 0.289 e. The number of amides is 1. The molecule has 7 nitrogen and oxygen atoms in total. The van der Waals surface area contributed by atoms with Gasteiger partial charge in [0.2, 0.25) is 0 Å². The summed E-state index contributed by atoms with van der Waals surface area (Å²) in [5, 5.41) is 14.4. The SMILES string of the molecule is Cc1ccc(-c2ccc3c(N)c(C(=O)Nc4ccc(Cl)c([N+](=O)[O-])c4)sc3n2)cc1. The van der Waals surface area contributed by atoms with Crippen molar-refractivity contribution in [2.45, 2.75) is 6.92 Å². The summed E-state index contributed by atoms with van der Waals surface area (Å²) in [6, 6.07) is 15.7. The lowest BCUT2D eigenvalue weighted by atomic mass is 10.1. The molecule has 0 bridgehead atoms. The number of halogens is 1. The number of fused-ring (bicyclic) bond motifs is 1. The summed E-state index contributed by atoms with van der Waals surface area (Å²) in [5.41, 5.74) is 9.37. The number of benzene rings is 2. The van der Waals surface area contributed by atoms with E-state index in [4.69, 9.17) is 17.3 Å². The lowest BCUT2D eigenvalue weighted by Gasteiger charge is -2.05. The molecule has 0 aliphatic carbocycles. The van der Waals surface area contributed by atoms with Gasteiger partial charge in [0.1, 0.15) is 14.7 Å². The molecule has 9 heteroatoms. The smallest absolute Gasteiger partial charge is 0.289 e. The van der Waals surface area contributed by atoms with Gasteiger partial charge in [-0.3, -0.25) is 14.9 Å². The highest BCUT2D eigenvalue weighted by Crippen LogP contribution is 2.35. The Kier molecular flexibility index (Phi) is 5.11. The van der Waals surface area contributed by atoms with Gasteiger partial charge < -0.3 is 11.1 Å². The van der Waals surface area contributed by atoms with Crippen LogP contribution in [0.15, 0.2) is 54.6 Å². The van der Waals surface area contributed by atoms with E-state index in [9.17, 15) is 14.9 Å². The first kappa shape index (κ1) is 19.8. The summed E-state index contributed by atoms with van der Waals surface area (Å²) in [5.74, 6) is -0.469. The molecule has 0 saturated carbocycles. The first-order valence-electron chi connectivity index (χ1n) is 8.85. The van der Waals surface area contributed by atoms with Crippen LogP contribution in [0.3, 0.4) is 0 Å². The molecular formula is C21H15ClN4O3S. The van der Waals surface area contributed by atoms with Gasteiger partial charge in [-0.25, -0.2) is 4.98 Å². The molecule has 0 aliphatic heterocycles. The van der Waals surface area contributed by atoms with Gasteiger partial charge in [-0.2, -0.15) is 0 Å². The second-order valence-corrected chi connectivity index (χ2v) is 8.04. The predicted octanol–water partition coefficient (Wildman–Crippen LogP) is 5.67. The molecular weight excluding hydrogens is 424 g/mol. The van der Waals surface area contributed by atoms with Crippen LogP contribution >= 0.6 is 22.9 Å². The molecule has 0 fully saturated rings. The van der Waals surface area contributed by atoms with Crippen molar-refractivity contribution in [2.24, 2.45) is 0 Å². The number of rotatable bonds is 4. The van der Waals surface area contributed by atoms with Gasteiger partial charge in [-0.05, 0) is 31.2 Å². The zero-order valence-electron chi connectivity index (χ0n) is 15.7. The number of nitro groups is 1. The van der Waals surface area contributed by atoms with Gasteiger partial charge in [-0.15, -0.1) is 11.3 Å². The van der Waals surface area contributed by atoms with E-state index >= 15 is 0 Å². The fourth-order valence-corrected chi connectivity index (χ4v) is 4.14. The number of nitrogens with one attached hydrogen (secondary N) is 1. The van der Waals surface area contributed by atoms with E-state index in [1.54, 1.807) is 0 Å². The molecule has 1 amide bonds. The highest BCUT2D eigenvalue weighted by Gasteiger charge is 2.20. The average molecular weight is 439 g/mol. The molecule has 0 spiro atoms. The highest BCUT2D eigenvalue weighted by atomic mass is 35.5. The van der Waals surface area contributed by atoms with Crippen LogP contribution in [0.25, 0.3) is 21.5 Å². The van der Waals surface area contributed by atoms with Crippen LogP contribution in [0.2, 0.25) is 5.02 Å². The Morgan fingerprint density at radius 3 is 2.60 bits per heavy atom. The van der Waals surface area contributed by atoms with Crippen molar-refractivity contribution < 1.29 is 9.72 Å². The minimum Gasteiger partial charge on any atom is -0.397 e. The third-order valence-corrected chi connectivity index (χ3v) is 5.98. The summed E-state index contributed by atoms with van der Waals surface area (Å²) in [6.07, 6.45) is 0. The lowest BCUT2D eigenvalue weighted by molar-refractivity contribution is -0.384. The summed E-state index contributed by atoms with van der Waals surface area (Å²) in [7, 11) is 0. The van der Waals surface area contributed by atoms with Crippen molar-refractivity contribution in [3.05, 3.63) is 80.2 Å². The third kappa shape index (κ3) is 3.70. The summed E-state index contributed by atoms with van der Waals surface area (Å²) < 4.78 is 0. The molecule has 0 aliphatic rings. The number of hydrogen-bond donors (Lipinski definition) is 2. The Morgan fingerprint density at radius 2 is 1.90 bits per heavy atom. The van der Waals surface area contributed by atoms with E-state index in [1.165, 1.54) is 29.5 Å². The lowest BCUT2D eigenvalue weighted by Crippen LogP contribution is -2.12. The van der Waals surface area contributed by atoms with Crippen molar-refractivity contribution in [3.63, 3.8) is 0 Å². The van der Waals surface area contributed by atoms with Gasteiger partial charge in [0.05, 0.1) is 16.3 Å².